The first-order chi connectivity index (χ1) is 10.1. The second-order valence-corrected chi connectivity index (χ2v) is 4.72. The molecule has 108 valence electrons. The van der Waals surface area contributed by atoms with Gasteiger partial charge in [-0.25, -0.2) is 0 Å². The molecule has 2 amide bonds. The number of rotatable bonds is 2. The maximum atomic E-state index is 12.0. The Hall–Kier alpha value is -2.76. The van der Waals surface area contributed by atoms with Gasteiger partial charge in [0, 0.05) is 12.0 Å². The summed E-state index contributed by atoms with van der Waals surface area (Å²) in [6.07, 6.45) is 2.21. The number of hydrazine groups is 1. The van der Waals surface area contributed by atoms with Gasteiger partial charge in [-0.2, -0.15) is 0 Å². The zero-order valence-electron chi connectivity index (χ0n) is 11.4. The molecule has 1 aromatic carbocycles. The van der Waals surface area contributed by atoms with E-state index in [9.17, 15) is 9.59 Å². The van der Waals surface area contributed by atoms with Crippen molar-refractivity contribution >= 4 is 11.8 Å². The zero-order valence-corrected chi connectivity index (χ0v) is 11.4. The van der Waals surface area contributed by atoms with Crippen LogP contribution in [0.3, 0.4) is 0 Å². The van der Waals surface area contributed by atoms with Crippen molar-refractivity contribution in [3.8, 4) is 5.75 Å². The van der Waals surface area contributed by atoms with E-state index in [4.69, 9.17) is 9.15 Å². The molecule has 0 unspecified atom stereocenters. The van der Waals surface area contributed by atoms with Crippen molar-refractivity contribution in [1.29, 1.82) is 0 Å². The number of furan rings is 1. The number of hydrogen-bond donors (Lipinski definition) is 2. The quantitative estimate of drug-likeness (QED) is 0.822. The molecule has 3 rings (SSSR count). The second-order valence-electron chi connectivity index (χ2n) is 4.72. The molecule has 1 aliphatic rings. The normalized spacial score (nSPS) is 12.4. The number of hydrogen-bond acceptors (Lipinski definition) is 4. The van der Waals surface area contributed by atoms with E-state index in [1.165, 1.54) is 6.26 Å². The van der Waals surface area contributed by atoms with Gasteiger partial charge < -0.3 is 9.15 Å². The van der Waals surface area contributed by atoms with Crippen LogP contribution in [0.5, 0.6) is 5.75 Å². The Bertz CT molecular complexity index is 705. The largest absolute Gasteiger partial charge is 0.493 e. The first kappa shape index (κ1) is 13.2. The molecule has 0 saturated carbocycles. The topological polar surface area (TPSA) is 80.6 Å². The van der Waals surface area contributed by atoms with Crippen LogP contribution in [0.2, 0.25) is 0 Å². The Labute approximate surface area is 121 Å². The molecule has 21 heavy (non-hydrogen) atoms. The first-order valence-electron chi connectivity index (χ1n) is 6.55. The Balaban J connectivity index is 1.64. The molecule has 6 nitrogen and oxygen atoms in total. The van der Waals surface area contributed by atoms with Crippen molar-refractivity contribution in [1.82, 2.24) is 10.9 Å². The molecule has 2 aromatic rings. The molecule has 0 radical (unpaired) electrons. The van der Waals surface area contributed by atoms with Gasteiger partial charge >= 0.3 is 0 Å². The monoisotopic (exact) mass is 286 g/mol. The minimum Gasteiger partial charge on any atom is -0.493 e. The highest BCUT2D eigenvalue weighted by Crippen LogP contribution is 2.25. The van der Waals surface area contributed by atoms with Crippen LogP contribution < -0.4 is 15.6 Å². The van der Waals surface area contributed by atoms with Gasteiger partial charge in [-0.15, -0.1) is 0 Å². The van der Waals surface area contributed by atoms with Crippen LogP contribution in [0, 0.1) is 6.92 Å². The summed E-state index contributed by atoms with van der Waals surface area (Å²) in [5.74, 6) is 0.513. The standard InChI is InChI=1S/C15H14N2O4/c1-9-12(5-7-20-9)15(19)17-16-14(18)11-2-3-13-10(8-11)4-6-21-13/h2-3,5,7-8H,4,6H2,1H3,(H,16,18)(H,17,19). The van der Waals surface area contributed by atoms with Gasteiger partial charge in [-0.3, -0.25) is 20.4 Å². The van der Waals surface area contributed by atoms with Crippen molar-refractivity contribution in [3.63, 3.8) is 0 Å². The smallest absolute Gasteiger partial charge is 0.273 e. The summed E-state index contributed by atoms with van der Waals surface area (Å²) < 4.78 is 10.4. The molecule has 1 aromatic heterocycles. The molecule has 0 aliphatic carbocycles. The highest BCUT2D eigenvalue weighted by Gasteiger charge is 2.16. The summed E-state index contributed by atoms with van der Waals surface area (Å²) in [6, 6.07) is 6.74. The summed E-state index contributed by atoms with van der Waals surface area (Å²) in [4.78, 5) is 23.9. The number of carbonyl (C=O) groups excluding carboxylic acids is 2. The summed E-state index contributed by atoms with van der Waals surface area (Å²) >= 11 is 0. The van der Waals surface area contributed by atoms with Crippen LogP contribution in [0.15, 0.2) is 34.9 Å². The zero-order chi connectivity index (χ0) is 14.8. The fraction of sp³-hybridized carbons (Fsp3) is 0.200. The van der Waals surface area contributed by atoms with Gasteiger partial charge in [0.2, 0.25) is 0 Å². The maximum absolute atomic E-state index is 12.0. The lowest BCUT2D eigenvalue weighted by molar-refractivity contribution is 0.0845. The van der Waals surface area contributed by atoms with Gasteiger partial charge in [0.1, 0.15) is 11.5 Å². The van der Waals surface area contributed by atoms with Crippen molar-refractivity contribution < 1.29 is 18.7 Å². The van der Waals surface area contributed by atoms with Crippen molar-refractivity contribution in [2.45, 2.75) is 13.3 Å². The predicted molar refractivity (Wildman–Crippen MR) is 74.0 cm³/mol. The van der Waals surface area contributed by atoms with Crippen molar-refractivity contribution in [3.05, 3.63) is 53.0 Å². The number of aryl methyl sites for hydroxylation is 1. The van der Waals surface area contributed by atoms with Crippen molar-refractivity contribution in [2.75, 3.05) is 6.61 Å². The molecule has 0 saturated heterocycles. The molecule has 2 heterocycles. The van der Waals surface area contributed by atoms with Crippen LogP contribution in [0.4, 0.5) is 0 Å². The molecule has 1 aliphatic heterocycles. The van der Waals surface area contributed by atoms with Gasteiger partial charge in [-0.05, 0) is 36.8 Å². The van der Waals surface area contributed by atoms with Crippen molar-refractivity contribution in [2.24, 2.45) is 0 Å². The van der Waals surface area contributed by atoms with Crippen LogP contribution in [0.1, 0.15) is 32.0 Å². The lowest BCUT2D eigenvalue weighted by Gasteiger charge is -2.07. The van der Waals surface area contributed by atoms with E-state index in [1.807, 2.05) is 0 Å². The Morgan fingerprint density at radius 2 is 1.95 bits per heavy atom. The van der Waals surface area contributed by atoms with E-state index < -0.39 is 5.91 Å². The van der Waals surface area contributed by atoms with Crippen LogP contribution >= 0.6 is 0 Å². The lowest BCUT2D eigenvalue weighted by atomic mass is 10.1. The average Bonchev–Trinajstić information content (AvgIpc) is 3.11. The number of fused-ring (bicyclic) bond motifs is 1. The molecule has 0 atom stereocenters. The van der Waals surface area contributed by atoms with E-state index in [2.05, 4.69) is 10.9 Å². The molecule has 6 heteroatoms. The van der Waals surface area contributed by atoms with Crippen LogP contribution in [-0.4, -0.2) is 18.4 Å². The van der Waals surface area contributed by atoms with Gasteiger partial charge in [0.25, 0.3) is 11.8 Å². The third-order valence-corrected chi connectivity index (χ3v) is 3.34. The first-order valence-corrected chi connectivity index (χ1v) is 6.55. The highest BCUT2D eigenvalue weighted by atomic mass is 16.5. The Morgan fingerprint density at radius 1 is 1.14 bits per heavy atom. The Kier molecular flexibility index (Phi) is 3.35. The summed E-state index contributed by atoms with van der Waals surface area (Å²) in [6.45, 7) is 2.31. The number of ether oxygens (including phenoxy) is 1. The highest BCUT2D eigenvalue weighted by molar-refractivity contribution is 5.99. The molecule has 0 fully saturated rings. The van der Waals surface area contributed by atoms with E-state index >= 15 is 0 Å². The number of benzene rings is 1. The number of carbonyl (C=O) groups is 2. The molecule has 0 bridgehead atoms. The van der Waals surface area contributed by atoms with E-state index in [0.29, 0.717) is 23.5 Å². The summed E-state index contributed by atoms with van der Waals surface area (Å²) in [5.41, 5.74) is 6.61. The van der Waals surface area contributed by atoms with E-state index in [0.717, 1.165) is 17.7 Å². The Morgan fingerprint density at radius 3 is 2.71 bits per heavy atom. The lowest BCUT2D eigenvalue weighted by Crippen LogP contribution is -2.41. The third-order valence-electron chi connectivity index (χ3n) is 3.34. The fourth-order valence-electron chi connectivity index (χ4n) is 2.20. The third kappa shape index (κ3) is 2.60. The molecule has 0 spiro atoms. The summed E-state index contributed by atoms with van der Waals surface area (Å²) in [7, 11) is 0. The minimum atomic E-state index is -0.418. The average molecular weight is 286 g/mol. The molecular weight excluding hydrogens is 272 g/mol. The van der Waals surface area contributed by atoms with E-state index in [-0.39, 0.29) is 5.91 Å². The number of nitrogens with one attached hydrogen (secondary N) is 2. The van der Waals surface area contributed by atoms with Crippen LogP contribution in [0.25, 0.3) is 0 Å². The number of amides is 2. The SMILES string of the molecule is Cc1occc1C(=O)NNC(=O)c1ccc2c(c1)CCO2. The minimum absolute atomic E-state index is 0.376. The van der Waals surface area contributed by atoms with Gasteiger partial charge in [0.15, 0.2) is 0 Å². The van der Waals surface area contributed by atoms with E-state index in [1.54, 1.807) is 31.2 Å². The van der Waals surface area contributed by atoms with Gasteiger partial charge in [-0.1, -0.05) is 0 Å². The fourth-order valence-corrected chi connectivity index (χ4v) is 2.20. The van der Waals surface area contributed by atoms with Gasteiger partial charge in [0.05, 0.1) is 18.4 Å². The predicted octanol–water partition coefficient (Wildman–Crippen LogP) is 1.60. The maximum Gasteiger partial charge on any atom is 0.273 e. The molecular formula is C15H14N2O4. The second kappa shape index (κ2) is 5.32. The van der Waals surface area contributed by atoms with Crippen LogP contribution in [-0.2, 0) is 6.42 Å². The summed E-state index contributed by atoms with van der Waals surface area (Å²) in [5, 5.41) is 0. The molecule has 2 N–H and O–H groups in total.